The molecule has 2 aromatic rings. The summed E-state index contributed by atoms with van der Waals surface area (Å²) in [5, 5.41) is 2.67. The van der Waals surface area contributed by atoms with Gasteiger partial charge in [0, 0.05) is 25.1 Å². The van der Waals surface area contributed by atoms with E-state index in [1.54, 1.807) is 30.3 Å². The van der Waals surface area contributed by atoms with Gasteiger partial charge in [0.15, 0.2) is 0 Å². The quantitative estimate of drug-likeness (QED) is 0.827. The van der Waals surface area contributed by atoms with Crippen molar-refractivity contribution in [3.05, 3.63) is 65.0 Å². The van der Waals surface area contributed by atoms with Crippen LogP contribution in [-0.4, -0.2) is 19.0 Å². The van der Waals surface area contributed by atoms with E-state index in [9.17, 15) is 14.0 Å². The van der Waals surface area contributed by atoms with Gasteiger partial charge in [-0.05, 0) is 29.8 Å². The number of benzene rings is 2. The van der Waals surface area contributed by atoms with E-state index in [-0.39, 0.29) is 18.1 Å². The Hall–Kier alpha value is -2.89. The Balaban J connectivity index is 1.93. The summed E-state index contributed by atoms with van der Waals surface area (Å²) in [5.41, 5.74) is 1.49. The van der Waals surface area contributed by atoms with Crippen molar-refractivity contribution in [3.63, 3.8) is 0 Å². The number of rotatable bonds is 6. The highest BCUT2D eigenvalue weighted by Gasteiger charge is 2.10. The zero-order valence-corrected chi connectivity index (χ0v) is 13.5. The normalized spacial score (nSPS) is 10.1. The standard InChI is InChI=1S/C18H18FNO4/c1-12(21)20-10-13-3-5-14(6-4-13)18(22)24-11-15-7-8-16(23-2)9-17(15)19/h3-9H,10-11H2,1-2H3,(H,20,21). The molecular weight excluding hydrogens is 313 g/mol. The molecular formula is C18H18FNO4. The smallest absolute Gasteiger partial charge is 0.338 e. The predicted octanol–water partition coefficient (Wildman–Crippen LogP) is 2.83. The summed E-state index contributed by atoms with van der Waals surface area (Å²) < 4.78 is 23.8. The number of hydrogen-bond acceptors (Lipinski definition) is 4. The maximum Gasteiger partial charge on any atom is 0.338 e. The summed E-state index contributed by atoms with van der Waals surface area (Å²) in [6.07, 6.45) is 0. The molecule has 0 radical (unpaired) electrons. The Morgan fingerprint density at radius 1 is 1.12 bits per heavy atom. The highest BCUT2D eigenvalue weighted by molar-refractivity contribution is 5.89. The van der Waals surface area contributed by atoms with E-state index in [2.05, 4.69) is 5.32 Å². The summed E-state index contributed by atoms with van der Waals surface area (Å²) in [6.45, 7) is 1.66. The first-order chi connectivity index (χ1) is 11.5. The number of nitrogens with one attached hydrogen (secondary N) is 1. The molecule has 0 aliphatic rings. The van der Waals surface area contributed by atoms with Crippen molar-refractivity contribution in [2.45, 2.75) is 20.1 Å². The summed E-state index contributed by atoms with van der Waals surface area (Å²) in [4.78, 5) is 22.8. The van der Waals surface area contributed by atoms with Crippen LogP contribution in [0, 0.1) is 5.82 Å². The fraction of sp³-hybridized carbons (Fsp3) is 0.222. The van der Waals surface area contributed by atoms with Crippen LogP contribution >= 0.6 is 0 Å². The molecule has 0 heterocycles. The summed E-state index contributed by atoms with van der Waals surface area (Å²) >= 11 is 0. The third kappa shape index (κ3) is 4.81. The monoisotopic (exact) mass is 331 g/mol. The first-order valence-corrected chi connectivity index (χ1v) is 7.32. The van der Waals surface area contributed by atoms with Crippen LogP contribution in [0.4, 0.5) is 4.39 Å². The van der Waals surface area contributed by atoms with Crippen molar-refractivity contribution in [2.24, 2.45) is 0 Å². The third-order valence-electron chi connectivity index (χ3n) is 3.35. The molecule has 0 aromatic heterocycles. The number of amides is 1. The van der Waals surface area contributed by atoms with Gasteiger partial charge in [-0.2, -0.15) is 0 Å². The first kappa shape index (κ1) is 17.5. The number of halogens is 1. The average molecular weight is 331 g/mol. The van der Waals surface area contributed by atoms with Gasteiger partial charge in [0.1, 0.15) is 18.2 Å². The molecule has 5 nitrogen and oxygen atoms in total. The SMILES string of the molecule is COc1ccc(COC(=O)c2ccc(CNC(C)=O)cc2)c(F)c1. The Morgan fingerprint density at radius 3 is 2.42 bits per heavy atom. The first-order valence-electron chi connectivity index (χ1n) is 7.32. The van der Waals surface area contributed by atoms with Gasteiger partial charge in [0.05, 0.1) is 12.7 Å². The van der Waals surface area contributed by atoms with Crippen LogP contribution < -0.4 is 10.1 Å². The molecule has 0 aliphatic heterocycles. The minimum absolute atomic E-state index is 0.125. The number of ether oxygens (including phenoxy) is 2. The molecule has 1 N–H and O–H groups in total. The fourth-order valence-corrected chi connectivity index (χ4v) is 1.98. The van der Waals surface area contributed by atoms with Crippen molar-refractivity contribution in [1.29, 1.82) is 0 Å². The molecule has 2 aromatic carbocycles. The number of esters is 1. The van der Waals surface area contributed by atoms with Gasteiger partial charge in [0.25, 0.3) is 0 Å². The molecule has 0 saturated heterocycles. The molecule has 0 spiro atoms. The maximum absolute atomic E-state index is 13.8. The molecule has 6 heteroatoms. The summed E-state index contributed by atoms with van der Waals surface area (Å²) in [6, 6.07) is 11.0. The van der Waals surface area contributed by atoms with Crippen LogP contribution in [0.1, 0.15) is 28.4 Å². The van der Waals surface area contributed by atoms with E-state index < -0.39 is 11.8 Å². The molecule has 2 rings (SSSR count). The van der Waals surface area contributed by atoms with Gasteiger partial charge in [-0.25, -0.2) is 9.18 Å². The second kappa shape index (κ2) is 8.10. The van der Waals surface area contributed by atoms with Crippen molar-refractivity contribution < 1.29 is 23.5 Å². The van der Waals surface area contributed by atoms with Gasteiger partial charge in [0.2, 0.25) is 5.91 Å². The molecule has 0 bridgehead atoms. The predicted molar refractivity (Wildman–Crippen MR) is 86.0 cm³/mol. The number of carbonyl (C=O) groups is 2. The van der Waals surface area contributed by atoms with E-state index in [1.807, 2.05) is 0 Å². The minimum atomic E-state index is -0.545. The van der Waals surface area contributed by atoms with Crippen molar-refractivity contribution in [2.75, 3.05) is 7.11 Å². The lowest BCUT2D eigenvalue weighted by atomic mass is 10.1. The molecule has 126 valence electrons. The van der Waals surface area contributed by atoms with E-state index in [0.29, 0.717) is 17.9 Å². The number of hydrogen-bond donors (Lipinski definition) is 1. The van der Waals surface area contributed by atoms with E-state index in [4.69, 9.17) is 9.47 Å². The molecule has 0 unspecified atom stereocenters. The lowest BCUT2D eigenvalue weighted by Gasteiger charge is -2.08. The molecule has 24 heavy (non-hydrogen) atoms. The third-order valence-corrected chi connectivity index (χ3v) is 3.35. The molecule has 1 amide bonds. The highest BCUT2D eigenvalue weighted by Crippen LogP contribution is 2.17. The van der Waals surface area contributed by atoms with Crippen molar-refractivity contribution in [3.8, 4) is 5.75 Å². The van der Waals surface area contributed by atoms with Crippen molar-refractivity contribution >= 4 is 11.9 Å². The highest BCUT2D eigenvalue weighted by atomic mass is 19.1. The van der Waals surface area contributed by atoms with Crippen LogP contribution in [0.5, 0.6) is 5.75 Å². The topological polar surface area (TPSA) is 64.6 Å². The van der Waals surface area contributed by atoms with Crippen LogP contribution in [0.3, 0.4) is 0 Å². The zero-order chi connectivity index (χ0) is 17.5. The lowest BCUT2D eigenvalue weighted by Crippen LogP contribution is -2.18. The fourth-order valence-electron chi connectivity index (χ4n) is 1.98. The molecule has 0 fully saturated rings. The van der Waals surface area contributed by atoms with E-state index >= 15 is 0 Å². The number of methoxy groups -OCH3 is 1. The van der Waals surface area contributed by atoms with Gasteiger partial charge in [-0.3, -0.25) is 4.79 Å². The minimum Gasteiger partial charge on any atom is -0.497 e. The van der Waals surface area contributed by atoms with Gasteiger partial charge >= 0.3 is 5.97 Å². The lowest BCUT2D eigenvalue weighted by molar-refractivity contribution is -0.119. The summed E-state index contributed by atoms with van der Waals surface area (Å²) in [7, 11) is 1.45. The van der Waals surface area contributed by atoms with Gasteiger partial charge in [-0.1, -0.05) is 12.1 Å². The van der Waals surface area contributed by atoms with Crippen LogP contribution in [-0.2, 0) is 22.7 Å². The Morgan fingerprint density at radius 2 is 1.83 bits per heavy atom. The average Bonchev–Trinajstić information content (AvgIpc) is 2.59. The van der Waals surface area contributed by atoms with Crippen LogP contribution in [0.15, 0.2) is 42.5 Å². The van der Waals surface area contributed by atoms with E-state index in [1.165, 1.54) is 26.2 Å². The van der Waals surface area contributed by atoms with Crippen LogP contribution in [0.2, 0.25) is 0 Å². The Bertz CT molecular complexity index is 728. The molecule has 0 aliphatic carbocycles. The van der Waals surface area contributed by atoms with E-state index in [0.717, 1.165) is 5.56 Å². The van der Waals surface area contributed by atoms with Gasteiger partial charge < -0.3 is 14.8 Å². The summed E-state index contributed by atoms with van der Waals surface area (Å²) in [5.74, 6) is -0.763. The second-order valence-corrected chi connectivity index (χ2v) is 5.14. The van der Waals surface area contributed by atoms with Crippen molar-refractivity contribution in [1.82, 2.24) is 5.32 Å². The zero-order valence-electron chi connectivity index (χ0n) is 13.5. The van der Waals surface area contributed by atoms with Crippen LogP contribution in [0.25, 0.3) is 0 Å². The largest absolute Gasteiger partial charge is 0.497 e. The van der Waals surface area contributed by atoms with Gasteiger partial charge in [-0.15, -0.1) is 0 Å². The number of carbonyl (C=O) groups excluding carboxylic acids is 2. The molecule has 0 atom stereocenters. The Labute approximate surface area is 139 Å². The maximum atomic E-state index is 13.8. The Kier molecular flexibility index (Phi) is 5.89. The second-order valence-electron chi connectivity index (χ2n) is 5.14. The molecule has 0 saturated carbocycles.